The highest BCUT2D eigenvalue weighted by atomic mass is 16.6. The zero-order valence-electron chi connectivity index (χ0n) is 13.7. The van der Waals surface area contributed by atoms with Gasteiger partial charge in [-0.15, -0.1) is 0 Å². The monoisotopic (exact) mass is 293 g/mol. The van der Waals surface area contributed by atoms with Crippen LogP contribution < -0.4 is 10.6 Å². The average molecular weight is 293 g/mol. The lowest BCUT2D eigenvalue weighted by molar-refractivity contribution is 0.0635. The third-order valence-electron chi connectivity index (χ3n) is 2.80. The molecule has 0 spiro atoms. The summed E-state index contributed by atoms with van der Waals surface area (Å²) in [5.41, 5.74) is 0.439. The van der Waals surface area contributed by atoms with Crippen LogP contribution in [0.1, 0.15) is 53.9 Å². The Hall–Kier alpha value is -1.78. The highest BCUT2D eigenvalue weighted by molar-refractivity contribution is 5.83. The molecule has 1 aromatic rings. The lowest BCUT2D eigenvalue weighted by Gasteiger charge is -2.19. The van der Waals surface area contributed by atoms with Crippen LogP contribution in [0.4, 0.5) is 16.3 Å². The number of nitrogens with one attached hydrogen (secondary N) is 2. The zero-order chi connectivity index (χ0) is 15.9. The van der Waals surface area contributed by atoms with Gasteiger partial charge >= 0.3 is 6.09 Å². The minimum atomic E-state index is -0.514. The van der Waals surface area contributed by atoms with E-state index in [1.165, 1.54) is 12.8 Å². The van der Waals surface area contributed by atoms with E-state index in [0.717, 1.165) is 12.1 Å². The van der Waals surface area contributed by atoms with Crippen molar-refractivity contribution in [2.24, 2.45) is 0 Å². The third kappa shape index (κ3) is 7.54. The SMILES string of the molecule is CCCCC(C)Nc1ccc(NC(=O)OC(C)(C)C)nc1. The highest BCUT2D eigenvalue weighted by Crippen LogP contribution is 2.14. The van der Waals surface area contributed by atoms with E-state index in [4.69, 9.17) is 4.74 Å². The van der Waals surface area contributed by atoms with Crippen LogP contribution in [0.25, 0.3) is 0 Å². The summed E-state index contributed by atoms with van der Waals surface area (Å²) in [6.45, 7) is 9.81. The van der Waals surface area contributed by atoms with Gasteiger partial charge in [0.2, 0.25) is 0 Å². The van der Waals surface area contributed by atoms with Crippen molar-refractivity contribution in [3.8, 4) is 0 Å². The smallest absolute Gasteiger partial charge is 0.413 e. The van der Waals surface area contributed by atoms with Gasteiger partial charge in [0.25, 0.3) is 0 Å². The van der Waals surface area contributed by atoms with Crippen molar-refractivity contribution in [2.75, 3.05) is 10.6 Å². The number of hydrogen-bond donors (Lipinski definition) is 2. The van der Waals surface area contributed by atoms with Gasteiger partial charge in [0.05, 0.1) is 11.9 Å². The molecular weight excluding hydrogens is 266 g/mol. The molecule has 1 unspecified atom stereocenters. The van der Waals surface area contributed by atoms with Crippen LogP contribution >= 0.6 is 0 Å². The predicted octanol–water partition coefficient (Wildman–Crippen LogP) is 4.42. The summed E-state index contributed by atoms with van der Waals surface area (Å²) < 4.78 is 5.18. The molecule has 0 saturated heterocycles. The second-order valence-corrected chi connectivity index (χ2v) is 6.25. The number of hydrogen-bond acceptors (Lipinski definition) is 4. The number of carbonyl (C=O) groups excluding carboxylic acids is 1. The molecule has 2 N–H and O–H groups in total. The molecule has 0 aromatic carbocycles. The molecule has 0 fully saturated rings. The molecule has 5 heteroatoms. The van der Waals surface area contributed by atoms with Crippen molar-refractivity contribution in [1.82, 2.24) is 4.98 Å². The van der Waals surface area contributed by atoms with Crippen LogP contribution in [0.3, 0.4) is 0 Å². The van der Waals surface area contributed by atoms with Crippen LogP contribution in [-0.2, 0) is 4.74 Å². The fourth-order valence-electron chi connectivity index (χ4n) is 1.83. The summed E-state index contributed by atoms with van der Waals surface area (Å²) in [5.74, 6) is 0.482. The molecular formula is C16H27N3O2. The van der Waals surface area contributed by atoms with Gasteiger partial charge in [0.15, 0.2) is 0 Å². The average Bonchev–Trinajstić information content (AvgIpc) is 2.36. The van der Waals surface area contributed by atoms with Crippen molar-refractivity contribution < 1.29 is 9.53 Å². The maximum absolute atomic E-state index is 11.6. The predicted molar refractivity (Wildman–Crippen MR) is 86.7 cm³/mol. The maximum Gasteiger partial charge on any atom is 0.413 e. The van der Waals surface area contributed by atoms with Gasteiger partial charge in [0.1, 0.15) is 11.4 Å². The van der Waals surface area contributed by atoms with Gasteiger partial charge in [-0.05, 0) is 46.2 Å². The summed E-state index contributed by atoms with van der Waals surface area (Å²) in [6.07, 6.45) is 4.76. The number of anilines is 2. The molecule has 1 aromatic heterocycles. The molecule has 118 valence electrons. The van der Waals surface area contributed by atoms with Crippen LogP contribution in [0.2, 0.25) is 0 Å². The van der Waals surface area contributed by atoms with Crippen molar-refractivity contribution >= 4 is 17.6 Å². The highest BCUT2D eigenvalue weighted by Gasteiger charge is 2.16. The zero-order valence-corrected chi connectivity index (χ0v) is 13.7. The molecule has 1 atom stereocenters. The number of pyridine rings is 1. The fourth-order valence-corrected chi connectivity index (χ4v) is 1.83. The van der Waals surface area contributed by atoms with E-state index in [1.54, 1.807) is 12.3 Å². The van der Waals surface area contributed by atoms with Crippen LogP contribution in [0.15, 0.2) is 18.3 Å². The van der Waals surface area contributed by atoms with Gasteiger partial charge in [-0.3, -0.25) is 5.32 Å². The molecule has 5 nitrogen and oxygen atoms in total. The molecule has 0 aliphatic carbocycles. The first kappa shape index (κ1) is 17.3. The van der Waals surface area contributed by atoms with E-state index in [2.05, 4.69) is 29.5 Å². The first-order chi connectivity index (χ1) is 9.80. The number of rotatable bonds is 6. The number of amides is 1. The van der Waals surface area contributed by atoms with E-state index >= 15 is 0 Å². The third-order valence-corrected chi connectivity index (χ3v) is 2.80. The topological polar surface area (TPSA) is 63.2 Å². The molecule has 0 aliphatic rings. The van der Waals surface area contributed by atoms with E-state index in [1.807, 2.05) is 26.8 Å². The fraction of sp³-hybridized carbons (Fsp3) is 0.625. The van der Waals surface area contributed by atoms with E-state index in [-0.39, 0.29) is 0 Å². The second-order valence-electron chi connectivity index (χ2n) is 6.25. The number of ether oxygens (including phenoxy) is 1. The van der Waals surface area contributed by atoms with Crippen LogP contribution in [0, 0.1) is 0 Å². The van der Waals surface area contributed by atoms with Crippen molar-refractivity contribution in [1.29, 1.82) is 0 Å². The Balaban J connectivity index is 2.48. The Morgan fingerprint density at radius 2 is 2.10 bits per heavy atom. The van der Waals surface area contributed by atoms with E-state index < -0.39 is 11.7 Å². The largest absolute Gasteiger partial charge is 0.444 e. The number of nitrogens with zero attached hydrogens (tertiary/aromatic N) is 1. The van der Waals surface area contributed by atoms with Crippen molar-refractivity contribution in [2.45, 2.75) is 65.5 Å². The number of aromatic nitrogens is 1. The maximum atomic E-state index is 11.6. The van der Waals surface area contributed by atoms with Gasteiger partial charge in [-0.1, -0.05) is 19.8 Å². The lowest BCUT2D eigenvalue weighted by atomic mass is 10.1. The molecule has 0 bridgehead atoms. The molecule has 1 heterocycles. The number of carbonyl (C=O) groups is 1. The Morgan fingerprint density at radius 3 is 2.62 bits per heavy atom. The molecule has 0 aliphatic heterocycles. The standard InChI is InChI=1S/C16H27N3O2/c1-6-7-8-12(2)18-13-9-10-14(17-11-13)19-15(20)21-16(3,4)5/h9-12,18H,6-8H2,1-5H3,(H,17,19,20). The summed E-state index contributed by atoms with van der Waals surface area (Å²) in [5, 5.41) is 6.00. The van der Waals surface area contributed by atoms with Gasteiger partial charge in [-0.2, -0.15) is 0 Å². The Bertz CT molecular complexity index is 438. The lowest BCUT2D eigenvalue weighted by Crippen LogP contribution is -2.27. The summed E-state index contributed by atoms with van der Waals surface area (Å²) in [6, 6.07) is 4.08. The second kappa shape index (κ2) is 7.86. The summed E-state index contributed by atoms with van der Waals surface area (Å²) in [7, 11) is 0. The summed E-state index contributed by atoms with van der Waals surface area (Å²) >= 11 is 0. The Labute approximate surface area is 127 Å². The summed E-state index contributed by atoms with van der Waals surface area (Å²) in [4.78, 5) is 15.8. The molecule has 1 rings (SSSR count). The van der Waals surface area contributed by atoms with Gasteiger partial charge in [-0.25, -0.2) is 9.78 Å². The minimum Gasteiger partial charge on any atom is -0.444 e. The quantitative estimate of drug-likeness (QED) is 0.815. The van der Waals surface area contributed by atoms with Crippen molar-refractivity contribution in [3.63, 3.8) is 0 Å². The minimum absolute atomic E-state index is 0.413. The van der Waals surface area contributed by atoms with Crippen LogP contribution in [-0.4, -0.2) is 22.7 Å². The first-order valence-electron chi connectivity index (χ1n) is 7.52. The van der Waals surface area contributed by atoms with E-state index in [0.29, 0.717) is 11.9 Å². The van der Waals surface area contributed by atoms with Crippen molar-refractivity contribution in [3.05, 3.63) is 18.3 Å². The van der Waals surface area contributed by atoms with Crippen LogP contribution in [0.5, 0.6) is 0 Å². The molecule has 1 amide bonds. The number of unbranched alkanes of at least 4 members (excludes halogenated alkanes) is 1. The Morgan fingerprint density at radius 1 is 1.38 bits per heavy atom. The van der Waals surface area contributed by atoms with E-state index in [9.17, 15) is 4.79 Å². The van der Waals surface area contributed by atoms with Gasteiger partial charge < -0.3 is 10.1 Å². The normalized spacial score (nSPS) is 12.6. The molecule has 0 radical (unpaired) electrons. The Kier molecular flexibility index (Phi) is 6.46. The molecule has 0 saturated carbocycles. The molecule has 21 heavy (non-hydrogen) atoms. The first-order valence-corrected chi connectivity index (χ1v) is 7.52. The van der Waals surface area contributed by atoms with Gasteiger partial charge in [0, 0.05) is 6.04 Å².